The Morgan fingerprint density at radius 1 is 1.19 bits per heavy atom. The summed E-state index contributed by atoms with van der Waals surface area (Å²) in [5.41, 5.74) is 0.365. The standard InChI is InChI=1S/C12H16N2O5S2/c1-8(2)13-12(15)10-7-5-6-9(3)11(10)14(20(4,16)17)21(13,18)19/h5-8H,1-4H3. The molecule has 0 N–H and O–H groups in total. The van der Waals surface area contributed by atoms with Gasteiger partial charge in [-0.05, 0) is 32.4 Å². The van der Waals surface area contributed by atoms with Crippen molar-refractivity contribution in [3.63, 3.8) is 0 Å². The average Bonchev–Trinajstić information content (AvgIpc) is 2.27. The molecule has 1 aromatic rings. The molecule has 0 saturated heterocycles. The molecule has 1 heterocycles. The van der Waals surface area contributed by atoms with Crippen LogP contribution in [0.5, 0.6) is 0 Å². The molecule has 2 rings (SSSR count). The predicted molar refractivity (Wildman–Crippen MR) is 78.7 cm³/mol. The summed E-state index contributed by atoms with van der Waals surface area (Å²) in [5.74, 6) is -0.719. The molecule has 1 aliphatic heterocycles. The number of amides is 1. The molecular formula is C12H16N2O5S2. The number of benzene rings is 1. The van der Waals surface area contributed by atoms with Crippen LogP contribution >= 0.6 is 0 Å². The zero-order chi connectivity index (χ0) is 16.2. The minimum atomic E-state index is -4.48. The van der Waals surface area contributed by atoms with E-state index in [1.807, 2.05) is 0 Å². The topological polar surface area (TPSA) is 91.8 Å². The fourth-order valence-corrected chi connectivity index (χ4v) is 5.96. The molecule has 0 aromatic heterocycles. The predicted octanol–water partition coefficient (Wildman–Crippen LogP) is 0.870. The van der Waals surface area contributed by atoms with Gasteiger partial charge in [0.25, 0.3) is 5.91 Å². The minimum absolute atomic E-state index is 0.0592. The molecule has 0 bridgehead atoms. The fraction of sp³-hybridized carbons (Fsp3) is 0.417. The Morgan fingerprint density at radius 3 is 2.24 bits per heavy atom. The molecule has 0 fully saturated rings. The van der Waals surface area contributed by atoms with Gasteiger partial charge in [0, 0.05) is 6.04 Å². The van der Waals surface area contributed by atoms with Crippen LogP contribution in [0, 0.1) is 6.92 Å². The summed E-state index contributed by atoms with van der Waals surface area (Å²) < 4.78 is 50.1. The summed E-state index contributed by atoms with van der Waals surface area (Å²) in [4.78, 5) is 12.4. The van der Waals surface area contributed by atoms with Gasteiger partial charge in [0.15, 0.2) is 0 Å². The molecule has 1 aromatic carbocycles. The van der Waals surface area contributed by atoms with Crippen molar-refractivity contribution in [3.8, 4) is 0 Å². The van der Waals surface area contributed by atoms with E-state index in [1.165, 1.54) is 19.9 Å². The first-order valence-electron chi connectivity index (χ1n) is 6.18. The molecule has 9 heteroatoms. The summed E-state index contributed by atoms with van der Waals surface area (Å²) in [6.45, 7) is 4.58. The van der Waals surface area contributed by atoms with Crippen LogP contribution in [-0.4, -0.2) is 39.3 Å². The molecule has 21 heavy (non-hydrogen) atoms. The molecule has 0 spiro atoms. The van der Waals surface area contributed by atoms with Crippen LogP contribution in [0.15, 0.2) is 18.2 Å². The summed E-state index contributed by atoms with van der Waals surface area (Å²) in [6, 6.07) is 3.88. The van der Waals surface area contributed by atoms with Crippen LogP contribution in [-0.2, 0) is 20.2 Å². The normalized spacial score (nSPS) is 18.0. The summed E-state index contributed by atoms with van der Waals surface area (Å²) >= 11 is 0. The maximum Gasteiger partial charge on any atom is 0.342 e. The van der Waals surface area contributed by atoms with Crippen LogP contribution in [0.1, 0.15) is 29.8 Å². The molecule has 1 amide bonds. The molecule has 0 aliphatic carbocycles. The van der Waals surface area contributed by atoms with Crippen LogP contribution in [0.3, 0.4) is 0 Å². The molecule has 0 unspecified atom stereocenters. The van der Waals surface area contributed by atoms with E-state index in [9.17, 15) is 21.6 Å². The highest BCUT2D eigenvalue weighted by Crippen LogP contribution is 2.37. The number of nitrogens with zero attached hydrogens (tertiary/aromatic N) is 2. The number of carbonyl (C=O) groups is 1. The van der Waals surface area contributed by atoms with Gasteiger partial charge in [-0.2, -0.15) is 8.42 Å². The number of hydrogen-bond donors (Lipinski definition) is 0. The van der Waals surface area contributed by atoms with Crippen molar-refractivity contribution in [2.45, 2.75) is 26.8 Å². The first kappa shape index (κ1) is 15.8. The SMILES string of the molecule is Cc1cccc2c1N(S(C)(=O)=O)S(=O)(=O)N(C(C)C)C2=O. The molecule has 116 valence electrons. The van der Waals surface area contributed by atoms with Crippen LogP contribution in [0.4, 0.5) is 5.69 Å². The van der Waals surface area contributed by atoms with E-state index in [1.54, 1.807) is 19.1 Å². The number of aryl methyl sites for hydroxylation is 1. The lowest BCUT2D eigenvalue weighted by molar-refractivity contribution is 0.0833. The molecule has 1 aliphatic rings. The third-order valence-electron chi connectivity index (χ3n) is 3.08. The highest BCUT2D eigenvalue weighted by atomic mass is 32.3. The Hall–Kier alpha value is -1.61. The monoisotopic (exact) mass is 332 g/mol. The van der Waals surface area contributed by atoms with Crippen molar-refractivity contribution in [1.29, 1.82) is 0 Å². The second kappa shape index (κ2) is 4.70. The smallest absolute Gasteiger partial charge is 0.268 e. The van der Waals surface area contributed by atoms with E-state index in [0.717, 1.165) is 6.26 Å². The summed E-state index contributed by atoms with van der Waals surface area (Å²) in [6.07, 6.45) is 0.801. The van der Waals surface area contributed by atoms with Crippen molar-refractivity contribution < 1.29 is 21.6 Å². The molecule has 0 saturated carbocycles. The van der Waals surface area contributed by atoms with E-state index >= 15 is 0 Å². The lowest BCUT2D eigenvalue weighted by Gasteiger charge is -2.37. The summed E-state index contributed by atoms with van der Waals surface area (Å²) in [5, 5.41) is 0. The second-order valence-electron chi connectivity index (χ2n) is 5.13. The van der Waals surface area contributed by atoms with Gasteiger partial charge in [-0.1, -0.05) is 12.1 Å². The number of rotatable bonds is 2. The number of hydrogen-bond acceptors (Lipinski definition) is 5. The number of para-hydroxylation sites is 1. The molecule has 0 atom stereocenters. The maximum atomic E-state index is 12.6. The number of sulfonamides is 1. The lowest BCUT2D eigenvalue weighted by Crippen LogP contribution is -2.55. The first-order chi connectivity index (χ1) is 9.49. The van der Waals surface area contributed by atoms with Gasteiger partial charge in [0.2, 0.25) is 10.0 Å². The first-order valence-corrected chi connectivity index (χ1v) is 9.43. The van der Waals surface area contributed by atoms with Crippen molar-refractivity contribution in [1.82, 2.24) is 4.31 Å². The number of fused-ring (bicyclic) bond motifs is 1. The lowest BCUT2D eigenvalue weighted by atomic mass is 10.1. The highest BCUT2D eigenvalue weighted by molar-refractivity contribution is 8.09. The van der Waals surface area contributed by atoms with Crippen molar-refractivity contribution in [2.24, 2.45) is 0 Å². The van der Waals surface area contributed by atoms with E-state index in [0.29, 0.717) is 13.6 Å². The average molecular weight is 332 g/mol. The van der Waals surface area contributed by atoms with E-state index in [-0.39, 0.29) is 11.3 Å². The van der Waals surface area contributed by atoms with E-state index in [4.69, 9.17) is 0 Å². The van der Waals surface area contributed by atoms with E-state index in [2.05, 4.69) is 0 Å². The molecular weight excluding hydrogens is 316 g/mol. The van der Waals surface area contributed by atoms with Gasteiger partial charge in [-0.25, -0.2) is 12.7 Å². The Labute approximate surface area is 124 Å². The van der Waals surface area contributed by atoms with Gasteiger partial charge in [-0.3, -0.25) is 4.79 Å². The Balaban J connectivity index is 2.94. The van der Waals surface area contributed by atoms with E-state index < -0.39 is 32.2 Å². The Kier molecular flexibility index (Phi) is 3.53. The maximum absolute atomic E-state index is 12.6. The van der Waals surface area contributed by atoms with Gasteiger partial charge in [0.1, 0.15) is 0 Å². The molecule has 0 radical (unpaired) electrons. The summed E-state index contributed by atoms with van der Waals surface area (Å²) in [7, 11) is -8.59. The van der Waals surface area contributed by atoms with Crippen molar-refractivity contribution in [3.05, 3.63) is 29.3 Å². The van der Waals surface area contributed by atoms with Crippen LogP contribution in [0.25, 0.3) is 0 Å². The van der Waals surface area contributed by atoms with Crippen LogP contribution in [0.2, 0.25) is 0 Å². The Morgan fingerprint density at radius 2 is 1.76 bits per heavy atom. The third kappa shape index (κ3) is 2.30. The minimum Gasteiger partial charge on any atom is -0.268 e. The largest absolute Gasteiger partial charge is 0.342 e. The van der Waals surface area contributed by atoms with Crippen molar-refractivity contribution in [2.75, 3.05) is 9.97 Å². The third-order valence-corrected chi connectivity index (χ3v) is 6.93. The second-order valence-corrected chi connectivity index (χ2v) is 8.85. The zero-order valence-corrected chi connectivity index (χ0v) is 13.7. The van der Waals surface area contributed by atoms with Gasteiger partial charge in [0.05, 0.1) is 17.5 Å². The number of anilines is 1. The number of carbonyl (C=O) groups excluding carboxylic acids is 1. The van der Waals surface area contributed by atoms with Crippen molar-refractivity contribution >= 4 is 31.8 Å². The van der Waals surface area contributed by atoms with Crippen LogP contribution < -0.4 is 3.71 Å². The molecule has 7 nitrogen and oxygen atoms in total. The zero-order valence-electron chi connectivity index (χ0n) is 12.1. The fourth-order valence-electron chi connectivity index (χ4n) is 2.33. The highest BCUT2D eigenvalue weighted by Gasteiger charge is 2.47. The van der Waals surface area contributed by atoms with Gasteiger partial charge in [-0.15, -0.1) is 3.71 Å². The Bertz CT molecular complexity index is 812. The van der Waals surface area contributed by atoms with Gasteiger partial charge >= 0.3 is 10.2 Å². The quantitative estimate of drug-likeness (QED) is 0.801. The van der Waals surface area contributed by atoms with Gasteiger partial charge < -0.3 is 0 Å².